The molecule has 0 aromatic carbocycles. The predicted molar refractivity (Wildman–Crippen MR) is 100 cm³/mol. The van der Waals surface area contributed by atoms with Gasteiger partial charge in [0, 0.05) is 38.1 Å². The lowest BCUT2D eigenvalue weighted by atomic mass is 10.1. The van der Waals surface area contributed by atoms with Crippen LogP contribution in [0.25, 0.3) is 0 Å². The zero-order valence-corrected chi connectivity index (χ0v) is 15.7. The maximum Gasteiger partial charge on any atom is 0.257 e. The van der Waals surface area contributed by atoms with Crippen LogP contribution in [-0.2, 0) is 19.5 Å². The van der Waals surface area contributed by atoms with Crippen LogP contribution < -0.4 is 0 Å². The lowest BCUT2D eigenvalue weighted by molar-refractivity contribution is 0.0734. The maximum atomic E-state index is 13.0. The lowest BCUT2D eigenvalue weighted by Crippen LogP contribution is -2.33. The molecular weight excluding hydrogens is 342 g/mol. The number of rotatable bonds is 3. The van der Waals surface area contributed by atoms with Gasteiger partial charge in [0.1, 0.15) is 0 Å². The maximum absolute atomic E-state index is 13.0. The number of amides is 2. The van der Waals surface area contributed by atoms with E-state index in [9.17, 15) is 9.59 Å². The minimum atomic E-state index is -0.0422. The summed E-state index contributed by atoms with van der Waals surface area (Å²) in [7, 11) is 0. The van der Waals surface area contributed by atoms with Crippen LogP contribution in [0.2, 0.25) is 0 Å². The Labute approximate surface area is 159 Å². The van der Waals surface area contributed by atoms with Gasteiger partial charge in [-0.1, -0.05) is 6.92 Å². The Bertz CT molecular complexity index is 837. The van der Waals surface area contributed by atoms with Gasteiger partial charge in [-0.2, -0.15) is 5.10 Å². The smallest absolute Gasteiger partial charge is 0.257 e. The summed E-state index contributed by atoms with van der Waals surface area (Å²) < 4.78 is 1.88. The van der Waals surface area contributed by atoms with Gasteiger partial charge in [-0.05, 0) is 37.8 Å². The van der Waals surface area contributed by atoms with Gasteiger partial charge < -0.3 is 9.80 Å². The fourth-order valence-corrected chi connectivity index (χ4v) is 3.83. The molecule has 2 aliphatic heterocycles. The normalized spacial score (nSPS) is 16.9. The van der Waals surface area contributed by atoms with Gasteiger partial charge in [0.05, 0.1) is 29.6 Å². The molecule has 2 aromatic heterocycles. The van der Waals surface area contributed by atoms with E-state index in [0.717, 1.165) is 56.7 Å². The summed E-state index contributed by atoms with van der Waals surface area (Å²) >= 11 is 0. The van der Waals surface area contributed by atoms with Crippen molar-refractivity contribution >= 4 is 11.8 Å². The van der Waals surface area contributed by atoms with Gasteiger partial charge in [0.2, 0.25) is 0 Å². The molecule has 0 spiro atoms. The molecular formula is C20H25N5O2. The topological polar surface area (TPSA) is 71.3 Å². The van der Waals surface area contributed by atoms with Crippen LogP contribution >= 0.6 is 0 Å². The van der Waals surface area contributed by atoms with Crippen molar-refractivity contribution in [2.24, 2.45) is 0 Å². The van der Waals surface area contributed by atoms with Crippen molar-refractivity contribution < 1.29 is 9.59 Å². The van der Waals surface area contributed by atoms with Gasteiger partial charge in [0.15, 0.2) is 0 Å². The Balaban J connectivity index is 1.57. The molecule has 0 bridgehead atoms. The SMILES string of the molecule is CCc1ccc(C(=O)N2CCCn3ncc(C(=O)N4CCCC4)c3C2)cn1. The number of hydrogen-bond donors (Lipinski definition) is 0. The largest absolute Gasteiger partial charge is 0.339 e. The molecule has 2 amide bonds. The van der Waals surface area contributed by atoms with E-state index in [1.165, 1.54) is 0 Å². The summed E-state index contributed by atoms with van der Waals surface area (Å²) in [4.78, 5) is 33.9. The second kappa shape index (κ2) is 7.50. The van der Waals surface area contributed by atoms with Crippen molar-refractivity contribution in [3.8, 4) is 0 Å². The minimum Gasteiger partial charge on any atom is -0.339 e. The van der Waals surface area contributed by atoms with E-state index in [4.69, 9.17) is 0 Å². The molecule has 2 aliphatic rings. The number of hydrogen-bond acceptors (Lipinski definition) is 4. The van der Waals surface area contributed by atoms with E-state index in [2.05, 4.69) is 10.1 Å². The molecule has 27 heavy (non-hydrogen) atoms. The van der Waals surface area contributed by atoms with Crippen LogP contribution in [0, 0.1) is 0 Å². The average Bonchev–Trinajstić information content (AvgIpc) is 3.33. The van der Waals surface area contributed by atoms with Crippen LogP contribution in [0.4, 0.5) is 0 Å². The van der Waals surface area contributed by atoms with Crippen molar-refractivity contribution in [2.75, 3.05) is 19.6 Å². The Morgan fingerprint density at radius 1 is 0.963 bits per heavy atom. The van der Waals surface area contributed by atoms with E-state index in [-0.39, 0.29) is 11.8 Å². The molecule has 0 radical (unpaired) electrons. The first-order valence-electron chi connectivity index (χ1n) is 9.75. The molecule has 1 saturated heterocycles. The summed E-state index contributed by atoms with van der Waals surface area (Å²) in [6, 6.07) is 3.74. The van der Waals surface area contributed by atoms with Crippen LogP contribution in [-0.4, -0.2) is 56.0 Å². The first kappa shape index (κ1) is 17.7. The molecule has 4 rings (SSSR count). The van der Waals surface area contributed by atoms with Gasteiger partial charge in [-0.25, -0.2) is 0 Å². The number of carbonyl (C=O) groups excluding carboxylic acids is 2. The van der Waals surface area contributed by atoms with Crippen LogP contribution in [0.1, 0.15) is 58.3 Å². The Morgan fingerprint density at radius 2 is 1.74 bits per heavy atom. The molecule has 4 heterocycles. The predicted octanol–water partition coefficient (Wildman–Crippen LogP) is 2.12. The molecule has 2 aromatic rings. The van der Waals surface area contributed by atoms with Crippen molar-refractivity contribution in [2.45, 2.75) is 45.7 Å². The summed E-state index contributed by atoms with van der Waals surface area (Å²) in [6.07, 6.45) is 7.10. The first-order valence-corrected chi connectivity index (χ1v) is 9.75. The monoisotopic (exact) mass is 367 g/mol. The van der Waals surface area contributed by atoms with E-state index < -0.39 is 0 Å². The number of pyridine rings is 1. The summed E-state index contributed by atoms with van der Waals surface area (Å²) in [5, 5.41) is 4.42. The lowest BCUT2D eigenvalue weighted by Gasteiger charge is -2.21. The molecule has 7 heteroatoms. The van der Waals surface area contributed by atoms with Gasteiger partial charge in [0.25, 0.3) is 11.8 Å². The molecule has 7 nitrogen and oxygen atoms in total. The summed E-state index contributed by atoms with van der Waals surface area (Å²) in [5.74, 6) is -0.00334. The second-order valence-electron chi connectivity index (χ2n) is 7.20. The third-order valence-electron chi connectivity index (χ3n) is 5.43. The number of carbonyl (C=O) groups is 2. The van der Waals surface area contributed by atoms with Crippen LogP contribution in [0.15, 0.2) is 24.5 Å². The molecule has 0 atom stereocenters. The van der Waals surface area contributed by atoms with E-state index in [1.54, 1.807) is 12.4 Å². The number of nitrogens with zero attached hydrogens (tertiary/aromatic N) is 5. The highest BCUT2D eigenvalue weighted by atomic mass is 16.2. The molecule has 0 unspecified atom stereocenters. The fourth-order valence-electron chi connectivity index (χ4n) is 3.83. The second-order valence-corrected chi connectivity index (χ2v) is 7.20. The van der Waals surface area contributed by atoms with Crippen LogP contribution in [0.3, 0.4) is 0 Å². The highest BCUT2D eigenvalue weighted by Crippen LogP contribution is 2.21. The Morgan fingerprint density at radius 3 is 2.44 bits per heavy atom. The van der Waals surface area contributed by atoms with Crippen molar-refractivity contribution in [1.29, 1.82) is 0 Å². The zero-order valence-electron chi connectivity index (χ0n) is 15.7. The molecule has 0 saturated carbocycles. The highest BCUT2D eigenvalue weighted by molar-refractivity contribution is 5.96. The highest BCUT2D eigenvalue weighted by Gasteiger charge is 2.28. The summed E-state index contributed by atoms with van der Waals surface area (Å²) in [5.41, 5.74) is 3.04. The standard InChI is InChI=1S/C20H25N5O2/c1-2-16-7-6-15(12-21-16)19(26)24-10-5-11-25-18(14-24)17(13-22-25)20(27)23-8-3-4-9-23/h6-7,12-13H,2-5,8-11,14H2,1H3. The van der Waals surface area contributed by atoms with E-state index >= 15 is 0 Å². The van der Waals surface area contributed by atoms with Gasteiger partial charge in [-0.15, -0.1) is 0 Å². The molecule has 0 N–H and O–H groups in total. The van der Waals surface area contributed by atoms with Crippen molar-refractivity contribution in [3.63, 3.8) is 0 Å². The van der Waals surface area contributed by atoms with Crippen molar-refractivity contribution in [3.05, 3.63) is 47.0 Å². The van der Waals surface area contributed by atoms with E-state index in [0.29, 0.717) is 24.2 Å². The van der Waals surface area contributed by atoms with Gasteiger partial charge >= 0.3 is 0 Å². The average molecular weight is 367 g/mol. The van der Waals surface area contributed by atoms with Crippen LogP contribution in [0.5, 0.6) is 0 Å². The molecule has 1 fully saturated rings. The number of fused-ring (bicyclic) bond motifs is 1. The first-order chi connectivity index (χ1) is 13.2. The summed E-state index contributed by atoms with van der Waals surface area (Å²) in [6.45, 7) is 5.43. The van der Waals surface area contributed by atoms with Crippen molar-refractivity contribution in [1.82, 2.24) is 24.6 Å². The Hall–Kier alpha value is -2.70. The number of likely N-dealkylation sites (tertiary alicyclic amines) is 1. The molecule has 0 aliphatic carbocycles. The minimum absolute atomic E-state index is 0.0389. The fraction of sp³-hybridized carbons (Fsp3) is 0.500. The third kappa shape index (κ3) is 3.46. The Kier molecular flexibility index (Phi) is 4.92. The number of aryl methyl sites for hydroxylation is 2. The third-order valence-corrected chi connectivity index (χ3v) is 5.43. The number of aromatic nitrogens is 3. The zero-order chi connectivity index (χ0) is 18.8. The molecule has 142 valence electrons. The van der Waals surface area contributed by atoms with Gasteiger partial charge in [-0.3, -0.25) is 19.3 Å². The van der Waals surface area contributed by atoms with E-state index in [1.807, 2.05) is 33.5 Å². The quantitative estimate of drug-likeness (QED) is 0.833.